The smallest absolute Gasteiger partial charge is 0.346 e. The van der Waals surface area contributed by atoms with Crippen LogP contribution in [-0.4, -0.2) is 62.8 Å². The highest BCUT2D eigenvalue weighted by molar-refractivity contribution is 6.39. The highest BCUT2D eigenvalue weighted by Gasteiger charge is 2.33. The minimum absolute atomic E-state index is 0.0148. The van der Waals surface area contributed by atoms with Gasteiger partial charge in [0.2, 0.25) is 11.6 Å². The molecule has 240 valence electrons. The normalized spacial score (nSPS) is 19.1. The molecule has 14 heteroatoms. The molecule has 1 fully saturated rings. The standard InChI is InChI=1S/C32H32Cl2N6O6/c1-39-31(43)28(38-40(2)32(39)44)29(42)36-22-9-5-7-18(27(22)34)17-6-4-8-19(26(17)33)23-14-16-10-11-21(25(16)30(37-23)45-3)35-20-12-13-46-15-24(20)41/h4-9,14,20-21,24,35,41H,10-13,15H2,1-3H3,(H,36,42). The van der Waals surface area contributed by atoms with Crippen LogP contribution in [0.5, 0.6) is 5.88 Å². The van der Waals surface area contributed by atoms with Gasteiger partial charge in [0.05, 0.1) is 41.2 Å². The maximum absolute atomic E-state index is 13.0. The first kappa shape index (κ1) is 31.9. The summed E-state index contributed by atoms with van der Waals surface area (Å²) in [5.41, 5.74) is 2.80. The van der Waals surface area contributed by atoms with Gasteiger partial charge in [0.1, 0.15) is 0 Å². The number of aromatic nitrogens is 4. The van der Waals surface area contributed by atoms with E-state index in [0.717, 1.165) is 39.6 Å². The van der Waals surface area contributed by atoms with Crippen LogP contribution in [-0.2, 0) is 25.3 Å². The predicted octanol–water partition coefficient (Wildman–Crippen LogP) is 3.50. The van der Waals surface area contributed by atoms with Gasteiger partial charge in [0.25, 0.3) is 11.5 Å². The van der Waals surface area contributed by atoms with Crippen LogP contribution in [0.1, 0.15) is 40.5 Å². The van der Waals surface area contributed by atoms with Crippen molar-refractivity contribution in [2.45, 2.75) is 37.5 Å². The highest BCUT2D eigenvalue weighted by atomic mass is 35.5. The quantitative estimate of drug-likeness (QED) is 0.269. The van der Waals surface area contributed by atoms with E-state index in [-0.39, 0.29) is 22.8 Å². The van der Waals surface area contributed by atoms with Crippen LogP contribution in [0.15, 0.2) is 52.1 Å². The molecule has 0 radical (unpaired) electrons. The molecule has 3 heterocycles. The summed E-state index contributed by atoms with van der Waals surface area (Å²) in [6.45, 7) is 0.912. The number of rotatable bonds is 7. The van der Waals surface area contributed by atoms with Gasteiger partial charge in [-0.1, -0.05) is 53.5 Å². The third-order valence-corrected chi connectivity index (χ3v) is 9.26. The van der Waals surface area contributed by atoms with Crippen LogP contribution in [0.4, 0.5) is 5.69 Å². The fourth-order valence-electron chi connectivity index (χ4n) is 6.04. The number of anilines is 1. The number of fused-ring (bicyclic) bond motifs is 1. The van der Waals surface area contributed by atoms with E-state index >= 15 is 0 Å². The zero-order chi connectivity index (χ0) is 32.7. The second-order valence-electron chi connectivity index (χ2n) is 11.3. The van der Waals surface area contributed by atoms with E-state index < -0.39 is 29.0 Å². The molecular formula is C32H32Cl2N6O6. The molecule has 1 amide bonds. The van der Waals surface area contributed by atoms with Gasteiger partial charge in [0, 0.05) is 55.0 Å². The van der Waals surface area contributed by atoms with Crippen LogP contribution in [0.3, 0.4) is 0 Å². The molecule has 0 spiro atoms. The van der Waals surface area contributed by atoms with Gasteiger partial charge < -0.3 is 25.2 Å². The number of carbonyl (C=O) groups excluding carboxylic acids is 1. The van der Waals surface area contributed by atoms with Crippen molar-refractivity contribution in [1.29, 1.82) is 0 Å². The molecule has 46 heavy (non-hydrogen) atoms. The van der Waals surface area contributed by atoms with Gasteiger partial charge in [-0.3, -0.25) is 14.2 Å². The largest absolute Gasteiger partial charge is 0.481 e. The van der Waals surface area contributed by atoms with E-state index in [9.17, 15) is 19.5 Å². The first-order chi connectivity index (χ1) is 22.1. The monoisotopic (exact) mass is 666 g/mol. The minimum Gasteiger partial charge on any atom is -0.481 e. The van der Waals surface area contributed by atoms with Crippen LogP contribution >= 0.6 is 23.2 Å². The molecule has 3 unspecified atom stereocenters. The van der Waals surface area contributed by atoms with Crippen LogP contribution in [0.2, 0.25) is 10.0 Å². The van der Waals surface area contributed by atoms with E-state index in [1.165, 1.54) is 14.1 Å². The van der Waals surface area contributed by atoms with Gasteiger partial charge in [-0.2, -0.15) is 5.10 Å². The summed E-state index contributed by atoms with van der Waals surface area (Å²) in [4.78, 5) is 42.4. The van der Waals surface area contributed by atoms with Crippen LogP contribution in [0.25, 0.3) is 22.4 Å². The number of methoxy groups -OCH3 is 1. The number of hydrogen-bond acceptors (Lipinski definition) is 9. The third kappa shape index (κ3) is 5.82. The SMILES string of the molecule is COc1nc(-c2cccc(-c3cccc(NC(=O)c4nn(C)c(=O)n(C)c4=O)c3Cl)c2Cl)cc2c1C(NC1CCOCC1O)CC2. The Morgan fingerprint density at radius 2 is 1.78 bits per heavy atom. The summed E-state index contributed by atoms with van der Waals surface area (Å²) < 4.78 is 12.9. The minimum atomic E-state index is -0.829. The Hall–Kier alpha value is -4.07. The summed E-state index contributed by atoms with van der Waals surface area (Å²) in [7, 11) is 4.20. The lowest BCUT2D eigenvalue weighted by molar-refractivity contribution is -0.0304. The van der Waals surface area contributed by atoms with Crippen LogP contribution < -0.4 is 26.6 Å². The molecule has 2 aromatic heterocycles. The number of aliphatic hydroxyl groups excluding tert-OH is 1. The molecule has 0 saturated carbocycles. The Morgan fingerprint density at radius 1 is 1.07 bits per heavy atom. The average Bonchev–Trinajstić information content (AvgIpc) is 3.46. The number of aryl methyl sites for hydroxylation is 2. The number of halogens is 2. The molecule has 1 aliphatic heterocycles. The predicted molar refractivity (Wildman–Crippen MR) is 174 cm³/mol. The Kier molecular flexibility index (Phi) is 8.99. The number of pyridine rings is 1. The summed E-state index contributed by atoms with van der Waals surface area (Å²) in [6, 6.07) is 12.5. The Labute approximate surface area is 273 Å². The Morgan fingerprint density at radius 3 is 2.52 bits per heavy atom. The van der Waals surface area contributed by atoms with Crippen molar-refractivity contribution in [1.82, 2.24) is 24.6 Å². The molecule has 1 saturated heterocycles. The molecular weight excluding hydrogens is 635 g/mol. The second-order valence-corrected chi connectivity index (χ2v) is 12.0. The summed E-state index contributed by atoms with van der Waals surface area (Å²) in [5.74, 6) is -0.324. The van der Waals surface area contributed by atoms with Crippen LogP contribution in [0, 0.1) is 0 Å². The molecule has 0 bridgehead atoms. The Balaban J connectivity index is 1.31. The zero-order valence-corrected chi connectivity index (χ0v) is 26.9. The number of hydrogen-bond donors (Lipinski definition) is 3. The summed E-state index contributed by atoms with van der Waals surface area (Å²) >= 11 is 13.8. The molecule has 12 nitrogen and oxygen atoms in total. The van der Waals surface area contributed by atoms with Gasteiger partial charge >= 0.3 is 5.69 Å². The third-order valence-electron chi connectivity index (χ3n) is 8.44. The molecule has 4 aromatic rings. The maximum Gasteiger partial charge on any atom is 0.346 e. The Bertz CT molecular complexity index is 1960. The lowest BCUT2D eigenvalue weighted by Gasteiger charge is -2.31. The fourth-order valence-corrected chi connectivity index (χ4v) is 6.64. The maximum atomic E-state index is 13.0. The first-order valence-corrected chi connectivity index (χ1v) is 15.5. The molecule has 2 aromatic carbocycles. The zero-order valence-electron chi connectivity index (χ0n) is 25.3. The van der Waals surface area contributed by atoms with E-state index in [2.05, 4.69) is 15.7 Å². The van der Waals surface area contributed by atoms with E-state index in [4.69, 9.17) is 37.7 Å². The van der Waals surface area contributed by atoms with E-state index in [0.29, 0.717) is 46.5 Å². The van der Waals surface area contributed by atoms with Crippen molar-refractivity contribution in [3.8, 4) is 28.3 Å². The molecule has 3 N–H and O–H groups in total. The average molecular weight is 668 g/mol. The lowest BCUT2D eigenvalue weighted by atomic mass is 9.99. The number of nitrogens with one attached hydrogen (secondary N) is 2. The van der Waals surface area contributed by atoms with Gasteiger partial charge in [-0.15, -0.1) is 0 Å². The molecule has 3 atom stereocenters. The van der Waals surface area contributed by atoms with Crippen molar-refractivity contribution < 1.29 is 19.4 Å². The summed E-state index contributed by atoms with van der Waals surface area (Å²) in [5, 5.41) is 21.1. The van der Waals surface area contributed by atoms with Gasteiger partial charge in [-0.05, 0) is 37.0 Å². The number of aliphatic hydroxyl groups is 1. The van der Waals surface area contributed by atoms with E-state index in [1.54, 1.807) is 25.3 Å². The first-order valence-electron chi connectivity index (χ1n) is 14.7. The lowest BCUT2D eigenvalue weighted by Crippen LogP contribution is -2.47. The van der Waals surface area contributed by atoms with Gasteiger partial charge in [-0.25, -0.2) is 14.5 Å². The van der Waals surface area contributed by atoms with Crippen molar-refractivity contribution in [3.63, 3.8) is 0 Å². The fraction of sp³-hybridized carbons (Fsp3) is 0.344. The number of amides is 1. The second kappa shape index (κ2) is 13.0. The summed E-state index contributed by atoms with van der Waals surface area (Å²) in [6.07, 6.45) is 1.79. The molecule has 2 aliphatic rings. The number of benzene rings is 2. The van der Waals surface area contributed by atoms with Crippen molar-refractivity contribution >= 4 is 34.8 Å². The van der Waals surface area contributed by atoms with Crippen molar-refractivity contribution in [2.24, 2.45) is 14.1 Å². The number of carbonyl (C=O) groups is 1. The van der Waals surface area contributed by atoms with Gasteiger partial charge in [0.15, 0.2) is 0 Å². The topological polar surface area (TPSA) is 150 Å². The molecule has 6 rings (SSSR count). The van der Waals surface area contributed by atoms with Crippen molar-refractivity contribution in [2.75, 3.05) is 25.6 Å². The van der Waals surface area contributed by atoms with E-state index in [1.807, 2.05) is 24.3 Å². The highest BCUT2D eigenvalue weighted by Crippen LogP contribution is 2.44. The number of nitrogens with zero attached hydrogens (tertiary/aromatic N) is 4. The van der Waals surface area contributed by atoms with Crippen molar-refractivity contribution in [3.05, 3.63) is 90.2 Å². The number of ether oxygens (including phenoxy) is 2. The molecule has 1 aliphatic carbocycles.